The van der Waals surface area contributed by atoms with Gasteiger partial charge in [-0.2, -0.15) is 9.40 Å². The van der Waals surface area contributed by atoms with E-state index in [1.807, 2.05) is 6.92 Å². The molecule has 1 saturated heterocycles. The molecule has 26 heavy (non-hydrogen) atoms. The van der Waals surface area contributed by atoms with Crippen LogP contribution in [0.3, 0.4) is 0 Å². The fourth-order valence-corrected chi connectivity index (χ4v) is 4.24. The van der Waals surface area contributed by atoms with Crippen LogP contribution in [0.4, 0.5) is 0 Å². The van der Waals surface area contributed by atoms with Crippen molar-refractivity contribution < 1.29 is 13.2 Å². The van der Waals surface area contributed by atoms with Crippen LogP contribution in [0.2, 0.25) is 5.15 Å². The standard InChI is InChI=1S/C17H27ClN4O3S/c1-5-26(24,25)21-10-8-20(9-11-21)16(23)7-6-15-14(4)19-22(17(15)18)12-13(2)3/h6-7,13H,5,8-12H2,1-4H3/b7-6+. The van der Waals surface area contributed by atoms with Crippen LogP contribution < -0.4 is 0 Å². The number of piperazine rings is 1. The summed E-state index contributed by atoms with van der Waals surface area (Å²) in [6.07, 6.45) is 3.18. The lowest BCUT2D eigenvalue weighted by Crippen LogP contribution is -2.50. The first-order valence-electron chi connectivity index (χ1n) is 8.83. The van der Waals surface area contributed by atoms with Crippen molar-refractivity contribution in [3.05, 3.63) is 22.5 Å². The molecule has 0 aliphatic carbocycles. The minimum atomic E-state index is -3.20. The molecule has 1 aromatic heterocycles. The molecular weight excluding hydrogens is 376 g/mol. The normalized spacial score (nSPS) is 16.8. The summed E-state index contributed by atoms with van der Waals surface area (Å²) in [7, 11) is -3.20. The lowest BCUT2D eigenvalue weighted by molar-refractivity contribution is -0.127. The minimum Gasteiger partial charge on any atom is -0.337 e. The first-order chi connectivity index (χ1) is 12.2. The molecule has 2 rings (SSSR count). The molecule has 2 heterocycles. The Hall–Kier alpha value is -1.38. The van der Waals surface area contributed by atoms with Crippen molar-refractivity contribution in [3.8, 4) is 0 Å². The number of hydrogen-bond donors (Lipinski definition) is 0. The minimum absolute atomic E-state index is 0.0823. The van der Waals surface area contributed by atoms with E-state index < -0.39 is 10.0 Å². The Morgan fingerprint density at radius 1 is 1.27 bits per heavy atom. The number of nitrogens with zero attached hydrogens (tertiary/aromatic N) is 4. The highest BCUT2D eigenvalue weighted by atomic mass is 35.5. The molecule has 0 bridgehead atoms. The maximum atomic E-state index is 12.4. The topological polar surface area (TPSA) is 75.5 Å². The summed E-state index contributed by atoms with van der Waals surface area (Å²) in [4.78, 5) is 14.1. The van der Waals surface area contributed by atoms with Gasteiger partial charge < -0.3 is 4.90 Å². The number of amides is 1. The molecular formula is C17H27ClN4O3S. The summed E-state index contributed by atoms with van der Waals surface area (Å²) in [5.41, 5.74) is 1.52. The Labute approximate surface area is 160 Å². The third-order valence-electron chi connectivity index (χ3n) is 4.35. The van der Waals surface area contributed by atoms with E-state index in [4.69, 9.17) is 11.6 Å². The Kier molecular flexibility index (Phi) is 6.87. The molecule has 146 valence electrons. The number of hydrogen-bond acceptors (Lipinski definition) is 4. The van der Waals surface area contributed by atoms with E-state index in [1.165, 1.54) is 10.4 Å². The molecule has 0 N–H and O–H groups in total. The molecule has 1 amide bonds. The lowest BCUT2D eigenvalue weighted by atomic mass is 10.2. The highest BCUT2D eigenvalue weighted by Crippen LogP contribution is 2.22. The van der Waals surface area contributed by atoms with Gasteiger partial charge in [-0.25, -0.2) is 8.42 Å². The molecule has 0 radical (unpaired) electrons. The van der Waals surface area contributed by atoms with Crippen LogP contribution in [0.1, 0.15) is 32.0 Å². The van der Waals surface area contributed by atoms with Gasteiger partial charge in [0.15, 0.2) is 0 Å². The quantitative estimate of drug-likeness (QED) is 0.682. The van der Waals surface area contributed by atoms with Crippen LogP contribution in [-0.4, -0.2) is 65.2 Å². The second-order valence-corrected chi connectivity index (χ2v) is 9.44. The van der Waals surface area contributed by atoms with Crippen molar-refractivity contribution in [1.82, 2.24) is 19.0 Å². The van der Waals surface area contributed by atoms with E-state index in [9.17, 15) is 13.2 Å². The highest BCUT2D eigenvalue weighted by Gasteiger charge is 2.26. The van der Waals surface area contributed by atoms with Crippen LogP contribution in [0.5, 0.6) is 0 Å². The van der Waals surface area contributed by atoms with Gasteiger partial charge in [-0.15, -0.1) is 0 Å². The van der Waals surface area contributed by atoms with Gasteiger partial charge >= 0.3 is 0 Å². The highest BCUT2D eigenvalue weighted by molar-refractivity contribution is 7.89. The summed E-state index contributed by atoms with van der Waals surface area (Å²) in [6.45, 7) is 9.83. The molecule has 0 aromatic carbocycles. The Bertz CT molecular complexity index is 778. The summed E-state index contributed by atoms with van der Waals surface area (Å²) in [5.74, 6) is 0.352. The second kappa shape index (κ2) is 8.54. The van der Waals surface area contributed by atoms with E-state index in [0.717, 1.165) is 17.8 Å². The van der Waals surface area contributed by atoms with Gasteiger partial charge in [0.1, 0.15) is 5.15 Å². The third-order valence-corrected chi connectivity index (χ3v) is 6.63. The zero-order valence-electron chi connectivity index (χ0n) is 15.8. The summed E-state index contributed by atoms with van der Waals surface area (Å²) < 4.78 is 27.0. The van der Waals surface area contributed by atoms with Crippen LogP contribution in [-0.2, 0) is 21.4 Å². The van der Waals surface area contributed by atoms with Crippen LogP contribution in [0, 0.1) is 12.8 Å². The smallest absolute Gasteiger partial charge is 0.246 e. The molecule has 1 fully saturated rings. The number of rotatable bonds is 6. The Morgan fingerprint density at radius 3 is 2.42 bits per heavy atom. The molecule has 1 aliphatic rings. The molecule has 7 nitrogen and oxygen atoms in total. The van der Waals surface area contributed by atoms with Crippen LogP contribution in [0.15, 0.2) is 6.08 Å². The fraction of sp³-hybridized carbons (Fsp3) is 0.647. The van der Waals surface area contributed by atoms with Crippen LogP contribution >= 0.6 is 11.6 Å². The summed E-state index contributed by atoms with van der Waals surface area (Å²) in [6, 6.07) is 0. The van der Waals surface area contributed by atoms with Gasteiger partial charge in [-0.05, 0) is 25.8 Å². The molecule has 1 aliphatic heterocycles. The summed E-state index contributed by atoms with van der Waals surface area (Å²) >= 11 is 6.38. The maximum absolute atomic E-state index is 12.4. The molecule has 0 saturated carbocycles. The van der Waals surface area contributed by atoms with Crippen molar-refractivity contribution >= 4 is 33.6 Å². The van der Waals surface area contributed by atoms with Gasteiger partial charge in [-0.1, -0.05) is 25.4 Å². The molecule has 0 spiro atoms. The first kappa shape index (κ1) is 20.9. The van der Waals surface area contributed by atoms with Crippen LogP contribution in [0.25, 0.3) is 6.08 Å². The number of sulfonamides is 1. The number of aromatic nitrogens is 2. The van der Waals surface area contributed by atoms with Gasteiger partial charge in [0, 0.05) is 44.4 Å². The predicted molar refractivity (Wildman–Crippen MR) is 103 cm³/mol. The zero-order chi connectivity index (χ0) is 19.5. The number of carbonyl (C=O) groups excluding carboxylic acids is 1. The maximum Gasteiger partial charge on any atom is 0.246 e. The number of carbonyl (C=O) groups is 1. The molecule has 9 heteroatoms. The second-order valence-electron chi connectivity index (χ2n) is 6.82. The van der Waals surface area contributed by atoms with E-state index in [2.05, 4.69) is 18.9 Å². The van der Waals surface area contributed by atoms with Gasteiger partial charge in [0.05, 0.1) is 11.4 Å². The number of aryl methyl sites for hydroxylation is 1. The van der Waals surface area contributed by atoms with E-state index >= 15 is 0 Å². The average molecular weight is 403 g/mol. The SMILES string of the molecule is CCS(=O)(=O)N1CCN(C(=O)/C=C/c2c(C)nn(CC(C)C)c2Cl)CC1. The molecule has 1 aromatic rings. The first-order valence-corrected chi connectivity index (χ1v) is 10.8. The molecule has 0 unspecified atom stereocenters. The Morgan fingerprint density at radius 2 is 1.88 bits per heavy atom. The van der Waals surface area contributed by atoms with Gasteiger partial charge in [0.2, 0.25) is 15.9 Å². The summed E-state index contributed by atoms with van der Waals surface area (Å²) in [5, 5.41) is 4.95. The predicted octanol–water partition coefficient (Wildman–Crippen LogP) is 2.01. The third kappa shape index (κ3) is 4.86. The number of halogens is 1. The van der Waals surface area contributed by atoms with Crippen molar-refractivity contribution in [3.63, 3.8) is 0 Å². The lowest BCUT2D eigenvalue weighted by Gasteiger charge is -2.33. The van der Waals surface area contributed by atoms with Crippen molar-refractivity contribution in [1.29, 1.82) is 0 Å². The average Bonchev–Trinajstić information content (AvgIpc) is 2.85. The van der Waals surface area contributed by atoms with Gasteiger partial charge in [0.25, 0.3) is 0 Å². The van der Waals surface area contributed by atoms with Crippen molar-refractivity contribution in [2.75, 3.05) is 31.9 Å². The monoisotopic (exact) mass is 402 g/mol. The van der Waals surface area contributed by atoms with Crippen molar-refractivity contribution in [2.45, 2.75) is 34.2 Å². The Balaban J connectivity index is 2.02. The van der Waals surface area contributed by atoms with Gasteiger partial charge in [-0.3, -0.25) is 9.48 Å². The fourth-order valence-electron chi connectivity index (χ4n) is 2.85. The molecule has 0 atom stereocenters. The van der Waals surface area contributed by atoms with E-state index in [0.29, 0.717) is 37.3 Å². The largest absolute Gasteiger partial charge is 0.337 e. The van der Waals surface area contributed by atoms with E-state index in [-0.39, 0.29) is 11.7 Å². The van der Waals surface area contributed by atoms with Crippen molar-refractivity contribution in [2.24, 2.45) is 5.92 Å². The zero-order valence-corrected chi connectivity index (χ0v) is 17.3. The van der Waals surface area contributed by atoms with E-state index in [1.54, 1.807) is 22.6 Å².